The Bertz CT molecular complexity index is 679. The van der Waals surface area contributed by atoms with Gasteiger partial charge in [-0.1, -0.05) is 11.6 Å². The van der Waals surface area contributed by atoms with Crippen LogP contribution in [-0.4, -0.2) is 80.5 Å². The molecule has 2 heterocycles. The maximum absolute atomic E-state index is 11.3. The maximum atomic E-state index is 11.3. The molecule has 2 saturated heterocycles. The molecule has 10 heteroatoms. The quantitative estimate of drug-likeness (QED) is 0.404. The molecule has 1 aromatic carbocycles. The number of hydrogen-bond donors (Lipinski definition) is 2. The van der Waals surface area contributed by atoms with Crippen molar-refractivity contribution >= 4 is 40.3 Å². The number of rotatable bonds is 5. The van der Waals surface area contributed by atoms with E-state index in [0.29, 0.717) is 23.8 Å². The minimum atomic E-state index is -0.381. The van der Waals surface area contributed by atoms with Crippen molar-refractivity contribution in [2.24, 2.45) is 0 Å². The summed E-state index contributed by atoms with van der Waals surface area (Å²) in [6, 6.07) is 4.82. The zero-order valence-corrected chi connectivity index (χ0v) is 16.7. The van der Waals surface area contributed by atoms with Crippen molar-refractivity contribution in [2.75, 3.05) is 70.5 Å². The molecule has 3 rings (SSSR count). The van der Waals surface area contributed by atoms with Crippen molar-refractivity contribution in [3.63, 3.8) is 0 Å². The number of ether oxygens (including phenoxy) is 1. The summed E-state index contributed by atoms with van der Waals surface area (Å²) >= 11 is 11.4. The van der Waals surface area contributed by atoms with Gasteiger partial charge in [-0.3, -0.25) is 10.1 Å². The van der Waals surface area contributed by atoms with Crippen LogP contribution in [0.5, 0.6) is 0 Å². The predicted octanol–water partition coefficient (Wildman–Crippen LogP) is 0.160. The Morgan fingerprint density at radius 2 is 2.00 bits per heavy atom. The lowest BCUT2D eigenvalue weighted by Crippen LogP contribution is -3.14. The Balaban J connectivity index is 1.47. The number of nitrogens with zero attached hydrogens (tertiary/aromatic N) is 3. The zero-order chi connectivity index (χ0) is 19.2. The van der Waals surface area contributed by atoms with Crippen LogP contribution in [0, 0.1) is 10.1 Å². The Morgan fingerprint density at radius 3 is 2.67 bits per heavy atom. The minimum absolute atomic E-state index is 0.0464. The summed E-state index contributed by atoms with van der Waals surface area (Å²) < 4.78 is 5.37. The number of nitro benzene ring substituents is 1. The molecular formula is C17H25ClN5O3S+. The third-order valence-corrected chi connectivity index (χ3v) is 5.63. The topological polar surface area (TPSA) is 75.3 Å². The highest BCUT2D eigenvalue weighted by Crippen LogP contribution is 2.31. The summed E-state index contributed by atoms with van der Waals surface area (Å²) in [7, 11) is 0. The number of nitro groups is 1. The molecule has 2 aliphatic heterocycles. The first kappa shape index (κ1) is 20.1. The van der Waals surface area contributed by atoms with Gasteiger partial charge in [0.15, 0.2) is 5.11 Å². The Hall–Kier alpha value is -1.68. The fourth-order valence-corrected chi connectivity index (χ4v) is 3.88. The van der Waals surface area contributed by atoms with Crippen LogP contribution < -0.4 is 15.1 Å². The summed E-state index contributed by atoms with van der Waals surface area (Å²) in [4.78, 5) is 16.6. The van der Waals surface area contributed by atoms with Crippen LogP contribution in [-0.2, 0) is 4.74 Å². The SMILES string of the molecule is O=[N+]([O-])c1cc(Cl)ccc1N1CCN(C(=S)NCC[NH+]2CCOCC2)CC1. The Labute approximate surface area is 169 Å². The van der Waals surface area contributed by atoms with Crippen LogP contribution in [0.4, 0.5) is 11.4 Å². The normalized spacial score (nSPS) is 18.4. The van der Waals surface area contributed by atoms with Gasteiger partial charge in [0, 0.05) is 37.3 Å². The second kappa shape index (κ2) is 9.50. The third-order valence-electron chi connectivity index (χ3n) is 5.00. The van der Waals surface area contributed by atoms with E-state index in [0.717, 1.165) is 57.6 Å². The van der Waals surface area contributed by atoms with Crippen molar-refractivity contribution in [2.45, 2.75) is 0 Å². The van der Waals surface area contributed by atoms with Crippen LogP contribution in [0.3, 0.4) is 0 Å². The Morgan fingerprint density at radius 1 is 1.30 bits per heavy atom. The standard InChI is InChI=1S/C17H24ClN5O3S/c18-14-1-2-15(16(13-14)23(24)25)21-5-7-22(8-6-21)17(27)19-3-4-20-9-11-26-12-10-20/h1-2,13H,3-12H2,(H,19,27)/p+1. The molecule has 2 N–H and O–H groups in total. The number of hydrogen-bond acceptors (Lipinski definition) is 5. The van der Waals surface area contributed by atoms with Crippen molar-refractivity contribution < 1.29 is 14.6 Å². The summed E-state index contributed by atoms with van der Waals surface area (Å²) in [5.41, 5.74) is 0.656. The lowest BCUT2D eigenvalue weighted by Gasteiger charge is -2.37. The molecular weight excluding hydrogens is 390 g/mol. The first-order valence-electron chi connectivity index (χ1n) is 9.17. The highest BCUT2D eigenvalue weighted by atomic mass is 35.5. The second-order valence-corrected chi connectivity index (χ2v) is 7.53. The van der Waals surface area contributed by atoms with E-state index in [-0.39, 0.29) is 10.6 Å². The molecule has 1 aromatic rings. The van der Waals surface area contributed by atoms with E-state index in [1.165, 1.54) is 11.0 Å². The highest BCUT2D eigenvalue weighted by Gasteiger charge is 2.25. The zero-order valence-electron chi connectivity index (χ0n) is 15.2. The number of nitrogens with one attached hydrogen (secondary N) is 2. The molecule has 0 amide bonds. The minimum Gasteiger partial charge on any atom is -0.370 e. The van der Waals surface area contributed by atoms with Gasteiger partial charge in [0.1, 0.15) is 18.8 Å². The van der Waals surface area contributed by atoms with Gasteiger partial charge in [-0.2, -0.15) is 0 Å². The average Bonchev–Trinajstić information content (AvgIpc) is 2.69. The second-order valence-electron chi connectivity index (χ2n) is 6.71. The van der Waals surface area contributed by atoms with Crippen molar-refractivity contribution in [1.82, 2.24) is 10.2 Å². The molecule has 0 spiro atoms. The lowest BCUT2D eigenvalue weighted by atomic mass is 10.2. The summed E-state index contributed by atoms with van der Waals surface area (Å²) in [6.45, 7) is 8.46. The monoisotopic (exact) mass is 414 g/mol. The summed E-state index contributed by atoms with van der Waals surface area (Å²) in [6.07, 6.45) is 0. The van der Waals surface area contributed by atoms with Crippen molar-refractivity contribution in [1.29, 1.82) is 0 Å². The van der Waals surface area contributed by atoms with Gasteiger partial charge in [-0.25, -0.2) is 0 Å². The fourth-order valence-electron chi connectivity index (χ4n) is 3.43. The first-order valence-corrected chi connectivity index (χ1v) is 9.96. The van der Waals surface area contributed by atoms with E-state index in [9.17, 15) is 10.1 Å². The molecule has 0 aliphatic carbocycles. The molecule has 27 heavy (non-hydrogen) atoms. The molecule has 148 valence electrons. The smallest absolute Gasteiger partial charge is 0.294 e. The van der Waals surface area contributed by atoms with Gasteiger partial charge in [-0.05, 0) is 24.4 Å². The molecule has 0 unspecified atom stereocenters. The number of quaternary nitrogens is 1. The number of thiocarbonyl (C=S) groups is 1. The van der Waals surface area contributed by atoms with E-state index in [1.807, 2.05) is 4.90 Å². The first-order chi connectivity index (χ1) is 13.0. The van der Waals surface area contributed by atoms with Gasteiger partial charge < -0.3 is 24.8 Å². The molecule has 0 saturated carbocycles. The summed E-state index contributed by atoms with van der Waals surface area (Å²) in [5, 5.41) is 15.8. The molecule has 0 aromatic heterocycles. The van der Waals surface area contributed by atoms with E-state index >= 15 is 0 Å². The van der Waals surface area contributed by atoms with E-state index in [1.54, 1.807) is 12.1 Å². The molecule has 0 bridgehead atoms. The molecule has 0 atom stereocenters. The largest absolute Gasteiger partial charge is 0.370 e. The van der Waals surface area contributed by atoms with Gasteiger partial charge in [0.05, 0.1) is 31.2 Å². The van der Waals surface area contributed by atoms with Crippen LogP contribution in [0.25, 0.3) is 0 Å². The predicted molar refractivity (Wildman–Crippen MR) is 109 cm³/mol. The van der Waals surface area contributed by atoms with Gasteiger partial charge in [0.2, 0.25) is 0 Å². The molecule has 8 nitrogen and oxygen atoms in total. The molecule has 2 fully saturated rings. The van der Waals surface area contributed by atoms with Crippen LogP contribution in [0.2, 0.25) is 5.02 Å². The molecule has 2 aliphatic rings. The van der Waals surface area contributed by atoms with E-state index < -0.39 is 0 Å². The lowest BCUT2D eigenvalue weighted by molar-refractivity contribution is -0.906. The van der Waals surface area contributed by atoms with E-state index in [2.05, 4.69) is 10.2 Å². The van der Waals surface area contributed by atoms with Crippen LogP contribution in [0.1, 0.15) is 0 Å². The number of benzene rings is 1. The van der Waals surface area contributed by atoms with Gasteiger partial charge >= 0.3 is 0 Å². The third kappa shape index (κ3) is 5.41. The summed E-state index contributed by atoms with van der Waals surface area (Å²) in [5.74, 6) is 0. The van der Waals surface area contributed by atoms with Gasteiger partial charge in [0.25, 0.3) is 5.69 Å². The van der Waals surface area contributed by atoms with E-state index in [4.69, 9.17) is 28.6 Å². The Kier molecular flexibility index (Phi) is 7.06. The average molecular weight is 415 g/mol. The number of piperazine rings is 1. The fraction of sp³-hybridized carbons (Fsp3) is 0.588. The molecule has 0 radical (unpaired) electrons. The highest BCUT2D eigenvalue weighted by molar-refractivity contribution is 7.80. The number of morpholine rings is 1. The number of anilines is 1. The van der Waals surface area contributed by atoms with Crippen LogP contribution in [0.15, 0.2) is 18.2 Å². The number of halogens is 1. The van der Waals surface area contributed by atoms with Crippen molar-refractivity contribution in [3.05, 3.63) is 33.3 Å². The maximum Gasteiger partial charge on any atom is 0.294 e. The van der Waals surface area contributed by atoms with Crippen molar-refractivity contribution in [3.8, 4) is 0 Å². The van der Waals surface area contributed by atoms with Gasteiger partial charge in [-0.15, -0.1) is 0 Å². The van der Waals surface area contributed by atoms with Crippen LogP contribution >= 0.6 is 23.8 Å².